The lowest BCUT2D eigenvalue weighted by Crippen LogP contribution is -2.16. The molecule has 0 aromatic heterocycles. The predicted molar refractivity (Wildman–Crippen MR) is 82.9 cm³/mol. The van der Waals surface area contributed by atoms with Crippen molar-refractivity contribution < 1.29 is 33.6 Å². The van der Waals surface area contributed by atoms with E-state index in [4.69, 9.17) is 9.84 Å². The zero-order valence-electron chi connectivity index (χ0n) is 12.2. The van der Waals surface area contributed by atoms with Crippen molar-refractivity contribution in [1.29, 1.82) is 0 Å². The highest BCUT2D eigenvalue weighted by molar-refractivity contribution is 5.60. The fourth-order valence-corrected chi connectivity index (χ4v) is 1.39. The number of aliphatic hydroxyl groups excluding tert-OH is 1. The third kappa shape index (κ3) is 11.0. The number of ether oxygens (including phenoxy) is 4. The Hall–Kier alpha value is -2.28. The molecule has 1 aliphatic rings. The minimum atomic E-state index is -0.702. The Morgan fingerprint density at radius 2 is 1.78 bits per heavy atom. The van der Waals surface area contributed by atoms with Crippen molar-refractivity contribution in [3.05, 3.63) is 35.9 Å². The molecule has 0 spiro atoms. The second-order valence-electron chi connectivity index (χ2n) is 4.25. The lowest BCUT2D eigenvalue weighted by atomic mass is 10.2. The van der Waals surface area contributed by atoms with Gasteiger partial charge in [-0.15, -0.1) is 0 Å². The molecule has 0 amide bonds. The van der Waals surface area contributed by atoms with Crippen LogP contribution in [0.1, 0.15) is 25.8 Å². The van der Waals surface area contributed by atoms with E-state index in [0.29, 0.717) is 19.6 Å². The van der Waals surface area contributed by atoms with Crippen LogP contribution in [0, 0.1) is 0 Å². The lowest BCUT2D eigenvalue weighted by Gasteiger charge is -2.09. The Balaban J connectivity index is 0.000000509. The third-order valence-corrected chi connectivity index (χ3v) is 2.45. The molecule has 1 fully saturated rings. The van der Waals surface area contributed by atoms with Crippen LogP contribution in [-0.2, 0) is 25.6 Å². The van der Waals surface area contributed by atoms with Crippen LogP contribution in [0.4, 0.5) is 9.59 Å². The van der Waals surface area contributed by atoms with E-state index in [-0.39, 0.29) is 27.2 Å². The highest BCUT2D eigenvalue weighted by Crippen LogP contribution is 2.01. The van der Waals surface area contributed by atoms with E-state index in [2.05, 4.69) is 14.2 Å². The first-order chi connectivity index (χ1) is 10.7. The number of cyclic esters (lactones) is 2. The quantitative estimate of drug-likeness (QED) is 0.656. The number of benzene rings is 1. The molecule has 0 atom stereocenters. The molecular weight excluding hydrogens is 304 g/mol. The first-order valence-electron chi connectivity index (χ1n) is 6.96. The van der Waals surface area contributed by atoms with Crippen molar-refractivity contribution in [1.82, 2.24) is 0 Å². The zero-order valence-corrected chi connectivity index (χ0v) is 12.2. The van der Waals surface area contributed by atoms with Crippen LogP contribution in [-0.4, -0.2) is 43.8 Å². The van der Waals surface area contributed by atoms with E-state index < -0.39 is 12.3 Å². The number of rotatable bonds is 5. The molecule has 0 saturated carbocycles. The van der Waals surface area contributed by atoms with Crippen LogP contribution in [0.5, 0.6) is 0 Å². The summed E-state index contributed by atoms with van der Waals surface area (Å²) in [4.78, 5) is 21.0. The van der Waals surface area contributed by atoms with Gasteiger partial charge in [-0.2, -0.15) is 0 Å². The van der Waals surface area contributed by atoms with Gasteiger partial charge in [0, 0.05) is 19.4 Å². The Kier molecular flexibility index (Phi) is 12.1. The molecule has 1 aromatic carbocycles. The molecule has 1 saturated heterocycles. The summed E-state index contributed by atoms with van der Waals surface area (Å²) in [6, 6.07) is 9.36. The fourth-order valence-electron chi connectivity index (χ4n) is 1.39. The summed E-state index contributed by atoms with van der Waals surface area (Å²) >= 11 is 0. The van der Waals surface area contributed by atoms with E-state index in [1.165, 1.54) is 0 Å². The van der Waals surface area contributed by atoms with Crippen molar-refractivity contribution in [3.63, 3.8) is 0 Å². The number of carbonyl (C=O) groups excluding carboxylic acids is 2. The van der Waals surface area contributed by atoms with Crippen LogP contribution >= 0.6 is 0 Å². The van der Waals surface area contributed by atoms with E-state index in [9.17, 15) is 9.59 Å². The van der Waals surface area contributed by atoms with Crippen LogP contribution < -0.4 is 0 Å². The van der Waals surface area contributed by atoms with Gasteiger partial charge in [0.2, 0.25) is 0 Å². The molecule has 7 nitrogen and oxygen atoms in total. The van der Waals surface area contributed by atoms with Gasteiger partial charge in [-0.25, -0.2) is 9.59 Å². The summed E-state index contributed by atoms with van der Waals surface area (Å²) in [6.45, 7) is 1.42. The maximum Gasteiger partial charge on any atom is 0.508 e. The second-order valence-corrected chi connectivity index (χ2v) is 4.25. The molecular formula is C16H24O7. The standard InChI is InChI=1S/C11H14O4.C4H6O3.CH4/c12-7-4-8-14-11(13)15-9-10-5-2-1-3-6-10;5-4-6-2-1-3-7-4;/h1-3,5-6,12H,4,7-9H2;1-3H2;1H4. The highest BCUT2D eigenvalue weighted by Gasteiger charge is 2.07. The summed E-state index contributed by atoms with van der Waals surface area (Å²) in [5, 5.41) is 8.45. The first-order valence-corrected chi connectivity index (χ1v) is 6.96. The summed E-state index contributed by atoms with van der Waals surface area (Å²) < 4.78 is 18.3. The van der Waals surface area contributed by atoms with Crippen molar-refractivity contribution in [2.75, 3.05) is 26.4 Å². The van der Waals surface area contributed by atoms with Crippen LogP contribution in [0.2, 0.25) is 0 Å². The van der Waals surface area contributed by atoms with Gasteiger partial charge < -0.3 is 24.1 Å². The molecule has 1 N–H and O–H groups in total. The van der Waals surface area contributed by atoms with E-state index in [1.54, 1.807) is 0 Å². The van der Waals surface area contributed by atoms with Crippen LogP contribution in [0.15, 0.2) is 30.3 Å². The van der Waals surface area contributed by atoms with Crippen molar-refractivity contribution in [2.24, 2.45) is 0 Å². The number of hydrogen-bond donors (Lipinski definition) is 1. The fraction of sp³-hybridized carbons (Fsp3) is 0.500. The topological polar surface area (TPSA) is 91.3 Å². The number of hydrogen-bond acceptors (Lipinski definition) is 7. The highest BCUT2D eigenvalue weighted by atomic mass is 16.7. The van der Waals surface area contributed by atoms with Gasteiger partial charge >= 0.3 is 12.3 Å². The molecule has 7 heteroatoms. The number of carbonyl (C=O) groups is 2. The van der Waals surface area contributed by atoms with Gasteiger partial charge in [-0.3, -0.25) is 0 Å². The molecule has 0 radical (unpaired) electrons. The second kappa shape index (κ2) is 13.4. The molecule has 1 aliphatic heterocycles. The van der Waals surface area contributed by atoms with Crippen molar-refractivity contribution in [3.8, 4) is 0 Å². The Morgan fingerprint density at radius 1 is 1.13 bits per heavy atom. The SMILES string of the molecule is C.O=C(OCCCO)OCc1ccccc1.O=C1OCCCO1. The van der Waals surface area contributed by atoms with E-state index in [0.717, 1.165) is 12.0 Å². The van der Waals surface area contributed by atoms with Crippen LogP contribution in [0.3, 0.4) is 0 Å². The first kappa shape index (κ1) is 20.7. The van der Waals surface area contributed by atoms with Crippen molar-refractivity contribution >= 4 is 12.3 Å². The summed E-state index contributed by atoms with van der Waals surface area (Å²) in [5.41, 5.74) is 0.914. The maximum atomic E-state index is 11.0. The largest absolute Gasteiger partial charge is 0.508 e. The average molecular weight is 328 g/mol. The number of aliphatic hydroxyl groups is 1. The zero-order chi connectivity index (χ0) is 16.0. The molecule has 0 bridgehead atoms. The summed E-state index contributed by atoms with van der Waals surface area (Å²) in [6.07, 6.45) is 0.0187. The normalized spacial score (nSPS) is 12.5. The molecule has 1 aromatic rings. The Morgan fingerprint density at radius 3 is 2.30 bits per heavy atom. The maximum absolute atomic E-state index is 11.0. The van der Waals surface area contributed by atoms with Gasteiger partial charge in [0.05, 0.1) is 19.8 Å². The minimum Gasteiger partial charge on any atom is -0.434 e. The molecule has 0 aliphatic carbocycles. The van der Waals surface area contributed by atoms with Gasteiger partial charge in [0.1, 0.15) is 6.61 Å². The summed E-state index contributed by atoms with van der Waals surface area (Å²) in [5.74, 6) is 0. The monoisotopic (exact) mass is 328 g/mol. The molecule has 1 heterocycles. The minimum absolute atomic E-state index is 0. The average Bonchev–Trinajstić information content (AvgIpc) is 2.55. The lowest BCUT2D eigenvalue weighted by molar-refractivity contribution is 0.0192. The molecule has 2 rings (SSSR count). The van der Waals surface area contributed by atoms with Gasteiger partial charge in [0.25, 0.3) is 0 Å². The van der Waals surface area contributed by atoms with E-state index >= 15 is 0 Å². The smallest absolute Gasteiger partial charge is 0.434 e. The predicted octanol–water partition coefficient (Wildman–Crippen LogP) is 2.90. The van der Waals surface area contributed by atoms with Gasteiger partial charge in [-0.1, -0.05) is 37.8 Å². The summed E-state index contributed by atoms with van der Waals surface area (Å²) in [7, 11) is 0. The van der Waals surface area contributed by atoms with Crippen LogP contribution in [0.25, 0.3) is 0 Å². The third-order valence-electron chi connectivity index (χ3n) is 2.45. The molecule has 23 heavy (non-hydrogen) atoms. The molecule has 130 valence electrons. The molecule has 0 unspecified atom stereocenters. The van der Waals surface area contributed by atoms with Gasteiger partial charge in [-0.05, 0) is 5.56 Å². The van der Waals surface area contributed by atoms with Gasteiger partial charge in [0.15, 0.2) is 0 Å². The Labute approximate surface area is 136 Å². The van der Waals surface area contributed by atoms with E-state index in [1.807, 2.05) is 30.3 Å². The van der Waals surface area contributed by atoms with Crippen molar-refractivity contribution in [2.45, 2.75) is 26.9 Å². The Bertz CT molecular complexity index is 425.